The van der Waals surface area contributed by atoms with Crippen LogP contribution < -0.4 is 4.90 Å². The Hall–Kier alpha value is -2.01. The summed E-state index contributed by atoms with van der Waals surface area (Å²) < 4.78 is 14.3. The minimum absolute atomic E-state index is 0.163. The van der Waals surface area contributed by atoms with Gasteiger partial charge in [-0.25, -0.2) is 14.4 Å². The van der Waals surface area contributed by atoms with Gasteiger partial charge >= 0.3 is 0 Å². The third-order valence-electron chi connectivity index (χ3n) is 4.06. The maximum atomic E-state index is 13.3. The summed E-state index contributed by atoms with van der Waals surface area (Å²) in [4.78, 5) is 11.0. The predicted octanol–water partition coefficient (Wildman–Crippen LogP) is 4.09. The van der Waals surface area contributed by atoms with E-state index in [1.807, 2.05) is 24.3 Å². The van der Waals surface area contributed by atoms with Crippen molar-refractivity contribution in [2.24, 2.45) is 0 Å². The summed E-state index contributed by atoms with van der Waals surface area (Å²) in [6, 6.07) is 11.0. The van der Waals surface area contributed by atoms with Gasteiger partial charge in [-0.3, -0.25) is 0 Å². The van der Waals surface area contributed by atoms with E-state index in [0.29, 0.717) is 0 Å². The highest BCUT2D eigenvalue weighted by Gasteiger charge is 2.19. The fourth-order valence-corrected chi connectivity index (χ4v) is 3.33. The number of fused-ring (bicyclic) bond motifs is 2. The number of nitrogens with zero attached hydrogens (tertiary/aromatic N) is 3. The second-order valence-corrected chi connectivity index (χ2v) is 6.36. The molecule has 22 heavy (non-hydrogen) atoms. The Morgan fingerprint density at radius 2 is 1.95 bits per heavy atom. The maximum absolute atomic E-state index is 13.3. The van der Waals surface area contributed by atoms with E-state index in [4.69, 9.17) is 0 Å². The summed E-state index contributed by atoms with van der Waals surface area (Å²) in [7, 11) is 0. The number of rotatable bonds is 1. The van der Waals surface area contributed by atoms with E-state index in [1.54, 1.807) is 12.4 Å². The molecular weight excluding hydrogens is 345 g/mol. The van der Waals surface area contributed by atoms with Crippen molar-refractivity contribution in [2.75, 3.05) is 11.4 Å². The fourth-order valence-electron chi connectivity index (χ4n) is 2.97. The third kappa shape index (κ3) is 2.35. The molecule has 0 spiro atoms. The summed E-state index contributed by atoms with van der Waals surface area (Å²) in [6.45, 7) is 1.57. The summed E-state index contributed by atoms with van der Waals surface area (Å²) in [6.07, 6.45) is 2.43. The van der Waals surface area contributed by atoms with E-state index >= 15 is 0 Å². The summed E-state index contributed by atoms with van der Waals surface area (Å²) >= 11 is 3.51. The van der Waals surface area contributed by atoms with Gasteiger partial charge in [-0.05, 0) is 47.9 Å². The number of benzene rings is 2. The quantitative estimate of drug-likeness (QED) is 0.656. The van der Waals surface area contributed by atoms with Crippen molar-refractivity contribution in [1.29, 1.82) is 0 Å². The zero-order valence-corrected chi connectivity index (χ0v) is 13.3. The van der Waals surface area contributed by atoms with Crippen LogP contribution in [0.1, 0.15) is 11.1 Å². The Bertz CT molecular complexity index is 866. The van der Waals surface area contributed by atoms with Crippen molar-refractivity contribution >= 4 is 32.7 Å². The maximum Gasteiger partial charge on any atom is 0.140 e. The van der Waals surface area contributed by atoms with Crippen LogP contribution in [-0.4, -0.2) is 16.5 Å². The first kappa shape index (κ1) is 13.6. The van der Waals surface area contributed by atoms with Crippen LogP contribution in [0.15, 0.2) is 47.2 Å². The van der Waals surface area contributed by atoms with Gasteiger partial charge in [0, 0.05) is 22.9 Å². The Kier molecular flexibility index (Phi) is 3.30. The molecule has 0 bridgehead atoms. The lowest BCUT2D eigenvalue weighted by Gasteiger charge is -2.30. The van der Waals surface area contributed by atoms with Gasteiger partial charge in [0.05, 0.1) is 5.52 Å². The molecule has 3 nitrogen and oxygen atoms in total. The predicted molar refractivity (Wildman–Crippen MR) is 88.4 cm³/mol. The normalized spacial score (nSPS) is 14.2. The molecule has 1 aliphatic heterocycles. The van der Waals surface area contributed by atoms with Crippen molar-refractivity contribution in [3.63, 3.8) is 0 Å². The molecule has 110 valence electrons. The van der Waals surface area contributed by atoms with Crippen molar-refractivity contribution in [2.45, 2.75) is 13.0 Å². The Balaban J connectivity index is 1.77. The van der Waals surface area contributed by atoms with E-state index in [9.17, 15) is 4.39 Å². The average Bonchev–Trinajstić information content (AvgIpc) is 2.54. The molecule has 0 atom stereocenters. The Labute approximate surface area is 135 Å². The average molecular weight is 358 g/mol. The van der Waals surface area contributed by atoms with Crippen LogP contribution in [0.25, 0.3) is 10.9 Å². The van der Waals surface area contributed by atoms with Crippen molar-refractivity contribution in [3.8, 4) is 0 Å². The molecule has 3 aromatic rings. The number of hydrogen-bond acceptors (Lipinski definition) is 3. The van der Waals surface area contributed by atoms with Crippen LogP contribution in [0.5, 0.6) is 0 Å². The van der Waals surface area contributed by atoms with Crippen molar-refractivity contribution in [1.82, 2.24) is 9.97 Å². The van der Waals surface area contributed by atoms with Crippen LogP contribution in [0, 0.1) is 5.82 Å². The lowest BCUT2D eigenvalue weighted by molar-refractivity contribution is 0.619. The second kappa shape index (κ2) is 5.32. The van der Waals surface area contributed by atoms with Gasteiger partial charge in [0.15, 0.2) is 0 Å². The molecule has 0 N–H and O–H groups in total. The van der Waals surface area contributed by atoms with Crippen LogP contribution in [0.2, 0.25) is 0 Å². The first-order valence-corrected chi connectivity index (χ1v) is 7.92. The molecule has 0 amide bonds. The monoisotopic (exact) mass is 357 g/mol. The minimum atomic E-state index is -0.163. The standard InChI is InChI=1S/C17H13BrFN3/c18-13-2-4-16-15(8-13)17(21-10-20-16)22-6-5-11-7-14(19)3-1-12(11)9-22/h1-4,7-8,10H,5-6,9H2. The molecule has 0 radical (unpaired) electrons. The number of aromatic nitrogens is 2. The zero-order chi connectivity index (χ0) is 15.1. The number of hydrogen-bond donors (Lipinski definition) is 0. The third-order valence-corrected chi connectivity index (χ3v) is 4.55. The highest BCUT2D eigenvalue weighted by Crippen LogP contribution is 2.30. The molecule has 0 fully saturated rings. The van der Waals surface area contributed by atoms with E-state index in [0.717, 1.165) is 51.8 Å². The van der Waals surface area contributed by atoms with Gasteiger partial charge in [-0.1, -0.05) is 22.0 Å². The number of halogens is 2. The second-order valence-electron chi connectivity index (χ2n) is 5.44. The first-order chi connectivity index (χ1) is 10.7. The van der Waals surface area contributed by atoms with Gasteiger partial charge in [-0.15, -0.1) is 0 Å². The zero-order valence-electron chi connectivity index (χ0n) is 11.8. The lowest BCUT2D eigenvalue weighted by Crippen LogP contribution is -2.31. The molecule has 2 aromatic carbocycles. The molecule has 2 heterocycles. The molecule has 0 saturated heterocycles. The fraction of sp³-hybridized carbons (Fsp3) is 0.176. The van der Waals surface area contributed by atoms with E-state index < -0.39 is 0 Å². The smallest absolute Gasteiger partial charge is 0.140 e. The number of anilines is 1. The first-order valence-electron chi connectivity index (χ1n) is 7.13. The Morgan fingerprint density at radius 3 is 2.86 bits per heavy atom. The molecule has 0 unspecified atom stereocenters. The summed E-state index contributed by atoms with van der Waals surface area (Å²) in [5.41, 5.74) is 3.18. The Morgan fingerprint density at radius 1 is 1.05 bits per heavy atom. The van der Waals surface area contributed by atoms with Crippen molar-refractivity contribution < 1.29 is 4.39 Å². The highest BCUT2D eigenvalue weighted by molar-refractivity contribution is 9.10. The minimum Gasteiger partial charge on any atom is -0.351 e. The van der Waals surface area contributed by atoms with Crippen LogP contribution >= 0.6 is 15.9 Å². The van der Waals surface area contributed by atoms with Gasteiger partial charge in [0.25, 0.3) is 0 Å². The lowest BCUT2D eigenvalue weighted by atomic mass is 9.99. The van der Waals surface area contributed by atoms with Crippen molar-refractivity contribution in [3.05, 3.63) is 64.1 Å². The SMILES string of the molecule is Fc1ccc2c(c1)CCN(c1ncnc3ccc(Br)cc13)C2. The highest BCUT2D eigenvalue weighted by atomic mass is 79.9. The summed E-state index contributed by atoms with van der Waals surface area (Å²) in [5.74, 6) is 0.768. The largest absolute Gasteiger partial charge is 0.351 e. The molecule has 0 aliphatic carbocycles. The van der Waals surface area contributed by atoms with Crippen LogP contribution in [0.4, 0.5) is 10.2 Å². The van der Waals surface area contributed by atoms with Gasteiger partial charge in [-0.2, -0.15) is 0 Å². The molecule has 1 aromatic heterocycles. The topological polar surface area (TPSA) is 29.0 Å². The molecular formula is C17H13BrFN3. The molecule has 1 aliphatic rings. The summed E-state index contributed by atoms with van der Waals surface area (Å²) in [5, 5.41) is 1.03. The van der Waals surface area contributed by atoms with E-state index in [2.05, 4.69) is 30.8 Å². The van der Waals surface area contributed by atoms with Gasteiger partial charge in [0.1, 0.15) is 18.0 Å². The van der Waals surface area contributed by atoms with Crippen LogP contribution in [0.3, 0.4) is 0 Å². The van der Waals surface area contributed by atoms with E-state index in [1.165, 1.54) is 6.07 Å². The van der Waals surface area contributed by atoms with Gasteiger partial charge < -0.3 is 4.90 Å². The molecule has 4 rings (SSSR count). The van der Waals surface area contributed by atoms with Crippen LogP contribution in [-0.2, 0) is 13.0 Å². The van der Waals surface area contributed by atoms with E-state index in [-0.39, 0.29) is 5.82 Å². The molecule has 5 heteroatoms. The van der Waals surface area contributed by atoms with Gasteiger partial charge in [0.2, 0.25) is 0 Å². The molecule has 0 saturated carbocycles.